The molecule has 1 saturated heterocycles. The molecule has 1 atom stereocenters. The van der Waals surface area contributed by atoms with E-state index in [2.05, 4.69) is 31.9 Å². The molecule has 15 heavy (non-hydrogen) atoms. The summed E-state index contributed by atoms with van der Waals surface area (Å²) in [6.45, 7) is 5.48. The molecule has 0 aliphatic carbocycles. The summed E-state index contributed by atoms with van der Waals surface area (Å²) in [6, 6.07) is 3.94. The average molecular weight is 336 g/mol. The highest BCUT2D eigenvalue weighted by Gasteiger charge is 2.40. The smallest absolute Gasteiger partial charge is 0.133 e. The molecule has 1 aliphatic rings. The SMILES string of the molecule is Cc1c(Br)ccc(OCC2(C)CO2)c1Br. The van der Waals surface area contributed by atoms with Gasteiger partial charge in [0.2, 0.25) is 0 Å². The lowest BCUT2D eigenvalue weighted by Gasteiger charge is -2.12. The maximum atomic E-state index is 5.71. The first-order valence-corrected chi connectivity index (χ1v) is 6.32. The molecule has 0 aromatic heterocycles. The fourth-order valence-electron chi connectivity index (χ4n) is 1.19. The molecule has 2 rings (SSSR count). The lowest BCUT2D eigenvalue weighted by molar-refractivity contribution is 0.201. The van der Waals surface area contributed by atoms with E-state index < -0.39 is 0 Å². The van der Waals surface area contributed by atoms with Gasteiger partial charge in [-0.2, -0.15) is 0 Å². The Hall–Kier alpha value is -0.0600. The summed E-state index contributed by atoms with van der Waals surface area (Å²) in [4.78, 5) is 0. The third-order valence-corrected chi connectivity index (χ3v) is 4.30. The molecule has 2 nitrogen and oxygen atoms in total. The van der Waals surface area contributed by atoms with Crippen LogP contribution in [0.25, 0.3) is 0 Å². The largest absolute Gasteiger partial charge is 0.489 e. The third-order valence-electron chi connectivity index (χ3n) is 2.45. The molecule has 0 radical (unpaired) electrons. The topological polar surface area (TPSA) is 21.8 Å². The summed E-state index contributed by atoms with van der Waals surface area (Å²) in [7, 11) is 0. The minimum atomic E-state index is -0.0690. The molecule has 0 spiro atoms. The van der Waals surface area contributed by atoms with E-state index in [0.717, 1.165) is 26.9 Å². The lowest BCUT2D eigenvalue weighted by atomic mass is 10.2. The predicted octanol–water partition coefficient (Wildman–Crippen LogP) is 3.69. The van der Waals surface area contributed by atoms with Crippen LogP contribution in [0.1, 0.15) is 12.5 Å². The van der Waals surface area contributed by atoms with Crippen molar-refractivity contribution in [3.8, 4) is 5.75 Å². The Morgan fingerprint density at radius 2 is 2.13 bits per heavy atom. The normalized spacial score (nSPS) is 24.0. The van der Waals surface area contributed by atoms with Crippen LogP contribution in [0.5, 0.6) is 5.75 Å². The van der Waals surface area contributed by atoms with Gasteiger partial charge in [-0.3, -0.25) is 0 Å². The highest BCUT2D eigenvalue weighted by molar-refractivity contribution is 9.11. The summed E-state index contributed by atoms with van der Waals surface area (Å²) in [5.41, 5.74) is 1.08. The first-order valence-electron chi connectivity index (χ1n) is 4.73. The second-order valence-corrected chi connectivity index (χ2v) is 5.66. The van der Waals surface area contributed by atoms with Crippen LogP contribution in [0.3, 0.4) is 0 Å². The van der Waals surface area contributed by atoms with E-state index in [1.807, 2.05) is 26.0 Å². The number of hydrogen-bond donors (Lipinski definition) is 0. The van der Waals surface area contributed by atoms with Crippen molar-refractivity contribution in [2.24, 2.45) is 0 Å². The van der Waals surface area contributed by atoms with Crippen LogP contribution in [0.4, 0.5) is 0 Å². The minimum absolute atomic E-state index is 0.0690. The Bertz CT molecular complexity index is 386. The third kappa shape index (κ3) is 2.55. The van der Waals surface area contributed by atoms with Gasteiger partial charge in [0.05, 0.1) is 11.1 Å². The fraction of sp³-hybridized carbons (Fsp3) is 0.455. The van der Waals surface area contributed by atoms with Crippen molar-refractivity contribution in [1.29, 1.82) is 0 Å². The van der Waals surface area contributed by atoms with E-state index >= 15 is 0 Å². The molecule has 0 amide bonds. The highest BCUT2D eigenvalue weighted by Crippen LogP contribution is 2.35. The van der Waals surface area contributed by atoms with E-state index in [1.165, 1.54) is 0 Å². The molecular weight excluding hydrogens is 324 g/mol. The molecule has 0 N–H and O–H groups in total. The van der Waals surface area contributed by atoms with Crippen LogP contribution in [-0.2, 0) is 4.74 Å². The second-order valence-electron chi connectivity index (χ2n) is 4.01. The van der Waals surface area contributed by atoms with Gasteiger partial charge in [-0.15, -0.1) is 0 Å². The molecule has 1 aromatic carbocycles. The van der Waals surface area contributed by atoms with Gasteiger partial charge >= 0.3 is 0 Å². The zero-order chi connectivity index (χ0) is 11.1. The molecular formula is C11H12Br2O2. The Morgan fingerprint density at radius 1 is 1.47 bits per heavy atom. The Balaban J connectivity index is 2.11. The zero-order valence-corrected chi connectivity index (χ0v) is 11.8. The Labute approximate surface area is 106 Å². The molecule has 0 bridgehead atoms. The Kier molecular flexibility index (Phi) is 3.10. The quantitative estimate of drug-likeness (QED) is 0.786. The summed E-state index contributed by atoms with van der Waals surface area (Å²) in [5, 5.41) is 0. The van der Waals surface area contributed by atoms with Crippen molar-refractivity contribution < 1.29 is 9.47 Å². The molecule has 1 unspecified atom stereocenters. The molecule has 82 valence electrons. The molecule has 1 heterocycles. The van der Waals surface area contributed by atoms with Crippen molar-refractivity contribution >= 4 is 31.9 Å². The van der Waals surface area contributed by atoms with Gasteiger partial charge in [-0.05, 0) is 47.5 Å². The number of hydrogen-bond acceptors (Lipinski definition) is 2. The van der Waals surface area contributed by atoms with Gasteiger partial charge in [0, 0.05) is 4.47 Å². The zero-order valence-electron chi connectivity index (χ0n) is 8.64. The van der Waals surface area contributed by atoms with Crippen LogP contribution in [0, 0.1) is 6.92 Å². The van der Waals surface area contributed by atoms with Crippen LogP contribution in [0.15, 0.2) is 21.1 Å². The van der Waals surface area contributed by atoms with Crippen molar-refractivity contribution in [3.63, 3.8) is 0 Å². The average Bonchev–Trinajstić information content (AvgIpc) is 2.93. The van der Waals surface area contributed by atoms with Crippen LogP contribution < -0.4 is 4.74 Å². The van der Waals surface area contributed by atoms with E-state index in [9.17, 15) is 0 Å². The minimum Gasteiger partial charge on any atom is -0.489 e. The first-order chi connectivity index (χ1) is 7.02. The van der Waals surface area contributed by atoms with Crippen molar-refractivity contribution in [2.45, 2.75) is 19.4 Å². The maximum Gasteiger partial charge on any atom is 0.133 e. The Morgan fingerprint density at radius 3 is 2.73 bits per heavy atom. The fourth-order valence-corrected chi connectivity index (χ4v) is 2.24. The number of ether oxygens (including phenoxy) is 2. The molecule has 1 aliphatic heterocycles. The number of epoxide rings is 1. The van der Waals surface area contributed by atoms with Gasteiger partial charge in [-0.1, -0.05) is 15.9 Å². The van der Waals surface area contributed by atoms with Crippen molar-refractivity contribution in [3.05, 3.63) is 26.6 Å². The predicted molar refractivity (Wildman–Crippen MR) is 66.4 cm³/mol. The molecule has 1 aromatic rings. The van der Waals surface area contributed by atoms with E-state index in [0.29, 0.717) is 6.61 Å². The summed E-state index contributed by atoms with van der Waals surface area (Å²) in [5.74, 6) is 0.868. The summed E-state index contributed by atoms with van der Waals surface area (Å²) < 4.78 is 13.0. The van der Waals surface area contributed by atoms with E-state index in [1.54, 1.807) is 0 Å². The lowest BCUT2D eigenvalue weighted by Crippen LogP contribution is -2.17. The van der Waals surface area contributed by atoms with Crippen LogP contribution in [0.2, 0.25) is 0 Å². The number of benzene rings is 1. The highest BCUT2D eigenvalue weighted by atomic mass is 79.9. The van der Waals surface area contributed by atoms with E-state index in [4.69, 9.17) is 9.47 Å². The van der Waals surface area contributed by atoms with Crippen LogP contribution in [-0.4, -0.2) is 18.8 Å². The van der Waals surface area contributed by atoms with Crippen molar-refractivity contribution in [2.75, 3.05) is 13.2 Å². The monoisotopic (exact) mass is 334 g/mol. The van der Waals surface area contributed by atoms with Crippen molar-refractivity contribution in [1.82, 2.24) is 0 Å². The first kappa shape index (κ1) is 11.4. The number of rotatable bonds is 3. The van der Waals surface area contributed by atoms with Gasteiger partial charge in [0.25, 0.3) is 0 Å². The van der Waals surface area contributed by atoms with Gasteiger partial charge in [0.1, 0.15) is 18.0 Å². The molecule has 4 heteroatoms. The van der Waals surface area contributed by atoms with Gasteiger partial charge < -0.3 is 9.47 Å². The van der Waals surface area contributed by atoms with Gasteiger partial charge in [0.15, 0.2) is 0 Å². The maximum absolute atomic E-state index is 5.71. The van der Waals surface area contributed by atoms with Gasteiger partial charge in [-0.25, -0.2) is 0 Å². The summed E-state index contributed by atoms with van der Waals surface area (Å²) >= 11 is 7.00. The summed E-state index contributed by atoms with van der Waals surface area (Å²) in [6.07, 6.45) is 0. The molecule has 0 saturated carbocycles. The van der Waals surface area contributed by atoms with E-state index in [-0.39, 0.29) is 5.60 Å². The number of halogens is 2. The standard InChI is InChI=1S/C11H12Br2O2/c1-7-8(12)3-4-9(10(7)13)14-5-11(2)6-15-11/h3-4H,5-6H2,1-2H3. The second kappa shape index (κ2) is 4.07. The van der Waals surface area contributed by atoms with Crippen LogP contribution >= 0.6 is 31.9 Å². The molecule has 1 fully saturated rings.